The molecule has 8 heteroatoms. The second-order valence-electron chi connectivity index (χ2n) is 5.47. The van der Waals surface area contributed by atoms with Crippen molar-refractivity contribution in [3.8, 4) is 5.75 Å². The highest BCUT2D eigenvalue weighted by atomic mass is 19.3. The average Bonchev–Trinajstić information content (AvgIpc) is 2.60. The first-order valence-electron chi connectivity index (χ1n) is 7.66. The first-order chi connectivity index (χ1) is 12.3. The van der Waals surface area contributed by atoms with Gasteiger partial charge in [-0.15, -0.1) is 0 Å². The number of nitrogens with zero attached hydrogens (tertiary/aromatic N) is 1. The van der Waals surface area contributed by atoms with Crippen LogP contribution in [-0.4, -0.2) is 36.9 Å². The number of hydrogen-bond donors (Lipinski definition) is 1. The summed E-state index contributed by atoms with van der Waals surface area (Å²) in [4.78, 5) is 25.3. The van der Waals surface area contributed by atoms with Gasteiger partial charge in [-0.2, -0.15) is 8.78 Å². The molecule has 0 aliphatic carbocycles. The van der Waals surface area contributed by atoms with Crippen molar-refractivity contribution in [2.75, 3.05) is 13.6 Å². The van der Waals surface area contributed by atoms with E-state index in [4.69, 9.17) is 0 Å². The molecule has 0 saturated carbocycles. The van der Waals surface area contributed by atoms with Crippen LogP contribution in [0.4, 0.5) is 13.2 Å². The minimum absolute atomic E-state index is 0.0279. The lowest BCUT2D eigenvalue weighted by atomic mass is 10.2. The number of likely N-dealkylation sites (N-methyl/N-ethyl adjacent to an activating group) is 1. The van der Waals surface area contributed by atoms with Crippen LogP contribution in [0.2, 0.25) is 0 Å². The average molecular weight is 366 g/mol. The van der Waals surface area contributed by atoms with E-state index in [9.17, 15) is 22.8 Å². The van der Waals surface area contributed by atoms with E-state index in [0.29, 0.717) is 5.56 Å². The summed E-state index contributed by atoms with van der Waals surface area (Å²) < 4.78 is 41.5. The molecule has 0 aromatic heterocycles. The third-order valence-electron chi connectivity index (χ3n) is 3.48. The molecule has 2 aromatic carbocycles. The van der Waals surface area contributed by atoms with E-state index < -0.39 is 18.3 Å². The van der Waals surface area contributed by atoms with Crippen molar-refractivity contribution in [1.82, 2.24) is 10.2 Å². The van der Waals surface area contributed by atoms with Crippen LogP contribution < -0.4 is 10.1 Å². The van der Waals surface area contributed by atoms with Crippen molar-refractivity contribution in [3.63, 3.8) is 0 Å². The summed E-state index contributed by atoms with van der Waals surface area (Å²) in [6, 6.07) is 11.0. The van der Waals surface area contributed by atoms with E-state index in [0.717, 1.165) is 6.07 Å². The van der Waals surface area contributed by atoms with Gasteiger partial charge in [-0.05, 0) is 35.9 Å². The summed E-state index contributed by atoms with van der Waals surface area (Å²) in [6.45, 7) is -2.92. The Bertz CT molecular complexity index is 767. The Labute approximate surface area is 148 Å². The predicted octanol–water partition coefficient (Wildman–Crippen LogP) is 2.82. The number of nitrogens with one attached hydrogen (secondary N) is 1. The van der Waals surface area contributed by atoms with Crippen LogP contribution in [0.25, 0.3) is 0 Å². The number of amides is 2. The molecule has 2 aromatic rings. The summed E-state index contributed by atoms with van der Waals surface area (Å²) >= 11 is 0. The van der Waals surface area contributed by atoms with Gasteiger partial charge in [-0.25, -0.2) is 4.39 Å². The molecule has 0 bridgehead atoms. The Balaban J connectivity index is 1.84. The van der Waals surface area contributed by atoms with E-state index >= 15 is 0 Å². The summed E-state index contributed by atoms with van der Waals surface area (Å²) in [5, 5.41) is 2.42. The summed E-state index contributed by atoms with van der Waals surface area (Å²) in [6.07, 6.45) is 0. The number of ether oxygens (including phenoxy) is 1. The zero-order valence-electron chi connectivity index (χ0n) is 13.9. The standard InChI is InChI=1S/C18H17F3N2O3/c1-23(11-12-5-7-15(8-6-12)26-18(20)21)16(24)10-22-17(25)13-3-2-4-14(19)9-13/h2-9,18H,10-11H2,1H3,(H,22,25). The summed E-state index contributed by atoms with van der Waals surface area (Å²) in [7, 11) is 1.54. The highest BCUT2D eigenvalue weighted by molar-refractivity contribution is 5.96. The molecule has 2 amide bonds. The van der Waals surface area contributed by atoms with Gasteiger partial charge in [0.05, 0.1) is 6.54 Å². The van der Waals surface area contributed by atoms with Gasteiger partial charge >= 0.3 is 6.61 Å². The van der Waals surface area contributed by atoms with Crippen LogP contribution in [0, 0.1) is 5.82 Å². The first-order valence-corrected chi connectivity index (χ1v) is 7.66. The Morgan fingerprint density at radius 2 is 1.85 bits per heavy atom. The van der Waals surface area contributed by atoms with Crippen LogP contribution >= 0.6 is 0 Å². The maximum absolute atomic E-state index is 13.1. The summed E-state index contributed by atoms with van der Waals surface area (Å²) in [5.74, 6) is -1.43. The van der Waals surface area contributed by atoms with Gasteiger partial charge in [0.25, 0.3) is 5.91 Å². The van der Waals surface area contributed by atoms with Crippen LogP contribution in [-0.2, 0) is 11.3 Å². The molecule has 0 radical (unpaired) electrons. The zero-order chi connectivity index (χ0) is 19.1. The van der Waals surface area contributed by atoms with Gasteiger partial charge in [-0.3, -0.25) is 9.59 Å². The minimum Gasteiger partial charge on any atom is -0.435 e. The number of benzene rings is 2. The van der Waals surface area contributed by atoms with E-state index in [-0.39, 0.29) is 30.3 Å². The van der Waals surface area contributed by atoms with Crippen LogP contribution in [0.5, 0.6) is 5.75 Å². The molecule has 5 nitrogen and oxygen atoms in total. The molecular weight excluding hydrogens is 349 g/mol. The molecular formula is C18H17F3N2O3. The molecule has 0 unspecified atom stereocenters. The number of hydrogen-bond acceptors (Lipinski definition) is 3. The van der Waals surface area contributed by atoms with Gasteiger partial charge in [0, 0.05) is 19.2 Å². The molecule has 0 aliphatic rings. The highest BCUT2D eigenvalue weighted by Gasteiger charge is 2.13. The SMILES string of the molecule is CN(Cc1ccc(OC(F)F)cc1)C(=O)CNC(=O)c1cccc(F)c1. The molecule has 0 aliphatic heterocycles. The van der Waals surface area contributed by atoms with Gasteiger partial charge < -0.3 is 15.0 Å². The Kier molecular flexibility index (Phi) is 6.60. The number of halogens is 3. The number of carbonyl (C=O) groups excluding carboxylic acids is 2. The fourth-order valence-electron chi connectivity index (χ4n) is 2.16. The van der Waals surface area contributed by atoms with Crippen molar-refractivity contribution in [3.05, 3.63) is 65.5 Å². The molecule has 26 heavy (non-hydrogen) atoms. The van der Waals surface area contributed by atoms with Gasteiger partial charge in [0.2, 0.25) is 5.91 Å². The van der Waals surface area contributed by atoms with Gasteiger partial charge in [0.1, 0.15) is 11.6 Å². The van der Waals surface area contributed by atoms with Crippen LogP contribution in [0.3, 0.4) is 0 Å². The topological polar surface area (TPSA) is 58.6 Å². The largest absolute Gasteiger partial charge is 0.435 e. The third-order valence-corrected chi connectivity index (χ3v) is 3.48. The normalized spacial score (nSPS) is 10.5. The Morgan fingerprint density at radius 3 is 2.46 bits per heavy atom. The van der Waals surface area contributed by atoms with E-state index in [1.54, 1.807) is 19.2 Å². The van der Waals surface area contributed by atoms with Crippen molar-refractivity contribution in [2.45, 2.75) is 13.2 Å². The van der Waals surface area contributed by atoms with E-state index in [1.165, 1.54) is 35.2 Å². The molecule has 0 atom stereocenters. The molecule has 2 rings (SSSR count). The van der Waals surface area contributed by atoms with Gasteiger partial charge in [0.15, 0.2) is 0 Å². The van der Waals surface area contributed by atoms with Crippen molar-refractivity contribution in [1.29, 1.82) is 0 Å². The molecule has 0 heterocycles. The molecule has 1 N–H and O–H groups in total. The molecule has 0 saturated heterocycles. The molecule has 0 fully saturated rings. The molecule has 138 valence electrons. The second kappa shape index (κ2) is 8.89. The van der Waals surface area contributed by atoms with Crippen molar-refractivity contribution >= 4 is 11.8 Å². The Hall–Kier alpha value is -3.03. The maximum Gasteiger partial charge on any atom is 0.387 e. The number of rotatable bonds is 7. The number of carbonyl (C=O) groups is 2. The Morgan fingerprint density at radius 1 is 1.15 bits per heavy atom. The van der Waals surface area contributed by atoms with E-state index in [1.807, 2.05) is 0 Å². The number of alkyl halides is 2. The summed E-state index contributed by atoms with van der Waals surface area (Å²) in [5.41, 5.74) is 0.828. The zero-order valence-corrected chi connectivity index (χ0v) is 13.9. The third kappa shape index (κ3) is 5.80. The fourth-order valence-corrected chi connectivity index (χ4v) is 2.16. The quantitative estimate of drug-likeness (QED) is 0.820. The minimum atomic E-state index is -2.90. The second-order valence-corrected chi connectivity index (χ2v) is 5.47. The monoisotopic (exact) mass is 366 g/mol. The van der Waals surface area contributed by atoms with Crippen LogP contribution in [0.1, 0.15) is 15.9 Å². The molecule has 0 spiro atoms. The lowest BCUT2D eigenvalue weighted by Gasteiger charge is -2.18. The lowest BCUT2D eigenvalue weighted by molar-refractivity contribution is -0.129. The van der Waals surface area contributed by atoms with E-state index in [2.05, 4.69) is 10.1 Å². The predicted molar refractivity (Wildman–Crippen MR) is 88.3 cm³/mol. The van der Waals surface area contributed by atoms with Crippen molar-refractivity contribution < 1.29 is 27.5 Å². The smallest absolute Gasteiger partial charge is 0.387 e. The van der Waals surface area contributed by atoms with Gasteiger partial charge in [-0.1, -0.05) is 18.2 Å². The fraction of sp³-hybridized carbons (Fsp3) is 0.222. The highest BCUT2D eigenvalue weighted by Crippen LogP contribution is 2.15. The maximum atomic E-state index is 13.1. The lowest BCUT2D eigenvalue weighted by Crippen LogP contribution is -2.37. The van der Waals surface area contributed by atoms with Crippen molar-refractivity contribution in [2.24, 2.45) is 0 Å². The van der Waals surface area contributed by atoms with Crippen LogP contribution in [0.15, 0.2) is 48.5 Å². The first kappa shape index (κ1) is 19.3.